The van der Waals surface area contributed by atoms with Crippen LogP contribution in [-0.4, -0.2) is 7.11 Å². The number of benzene rings is 3. The first kappa shape index (κ1) is 5.90. The number of methoxy groups -OCH3 is 1. The standard InChI is InChI=1S/C15H12O/c1-16-13-9-8-12-7-6-11-4-2-3-5-14(11)15(12)10-13/h2-10H,1H3/i2D,3D,4D,5D. The number of hydrogen-bond acceptors (Lipinski definition) is 1. The van der Waals surface area contributed by atoms with Crippen molar-refractivity contribution in [2.75, 3.05) is 7.11 Å². The Kier molecular flexibility index (Phi) is 1.30. The summed E-state index contributed by atoms with van der Waals surface area (Å²) in [6, 6.07) is 8.68. The molecule has 0 radical (unpaired) electrons. The van der Waals surface area contributed by atoms with Gasteiger partial charge in [-0.25, -0.2) is 0 Å². The molecule has 0 N–H and O–H groups in total. The molecule has 78 valence electrons. The van der Waals surface area contributed by atoms with Crippen LogP contribution in [-0.2, 0) is 0 Å². The summed E-state index contributed by atoms with van der Waals surface area (Å²) in [5.41, 5.74) is 0. The topological polar surface area (TPSA) is 9.23 Å². The average Bonchev–Trinajstić information content (AvgIpc) is 2.49. The highest BCUT2D eigenvalue weighted by molar-refractivity contribution is 6.07. The number of hydrogen-bond donors (Lipinski definition) is 0. The van der Waals surface area contributed by atoms with Crippen molar-refractivity contribution in [1.29, 1.82) is 0 Å². The predicted molar refractivity (Wildman–Crippen MR) is 68.0 cm³/mol. The number of rotatable bonds is 1. The summed E-state index contributed by atoms with van der Waals surface area (Å²) in [5, 5.41) is 2.75. The van der Waals surface area contributed by atoms with Gasteiger partial charge in [0.05, 0.1) is 12.6 Å². The summed E-state index contributed by atoms with van der Waals surface area (Å²) in [6.07, 6.45) is 0. The van der Waals surface area contributed by atoms with Crippen LogP contribution in [0.2, 0.25) is 0 Å². The van der Waals surface area contributed by atoms with Crippen LogP contribution in [0.25, 0.3) is 21.5 Å². The molecule has 0 fully saturated rings. The fourth-order valence-corrected chi connectivity index (χ4v) is 1.86. The summed E-state index contributed by atoms with van der Waals surface area (Å²) >= 11 is 0. The Morgan fingerprint density at radius 2 is 1.69 bits per heavy atom. The van der Waals surface area contributed by atoms with Crippen LogP contribution < -0.4 is 4.74 Å². The molecule has 0 bridgehead atoms. The van der Waals surface area contributed by atoms with Crippen molar-refractivity contribution in [2.45, 2.75) is 0 Å². The molecule has 0 atom stereocenters. The smallest absolute Gasteiger partial charge is 0.119 e. The lowest BCUT2D eigenvalue weighted by atomic mass is 10.0. The molecule has 0 amide bonds. The van der Waals surface area contributed by atoms with Gasteiger partial charge in [0.2, 0.25) is 0 Å². The van der Waals surface area contributed by atoms with Gasteiger partial charge >= 0.3 is 0 Å². The van der Waals surface area contributed by atoms with E-state index in [9.17, 15) is 0 Å². The lowest BCUT2D eigenvalue weighted by molar-refractivity contribution is 0.415. The van der Waals surface area contributed by atoms with E-state index < -0.39 is 0 Å². The van der Waals surface area contributed by atoms with Gasteiger partial charge in [-0.2, -0.15) is 0 Å². The molecular formula is C15H12O. The molecule has 0 aliphatic rings. The fourth-order valence-electron chi connectivity index (χ4n) is 1.86. The minimum absolute atomic E-state index is 0.00859. The quantitative estimate of drug-likeness (QED) is 0.554. The molecule has 1 nitrogen and oxygen atoms in total. The second-order valence-corrected chi connectivity index (χ2v) is 3.58. The SMILES string of the molecule is [2H]c1c([2H])c([2H])c2c(ccc3ccc(OC)cc32)c1[2H]. The van der Waals surface area contributed by atoms with E-state index in [2.05, 4.69) is 0 Å². The summed E-state index contributed by atoms with van der Waals surface area (Å²) < 4.78 is 36.8. The van der Waals surface area contributed by atoms with E-state index in [-0.39, 0.29) is 24.2 Å². The fraction of sp³-hybridized carbons (Fsp3) is 0.0667. The summed E-state index contributed by atoms with van der Waals surface area (Å²) in [6.45, 7) is 0. The van der Waals surface area contributed by atoms with Crippen LogP contribution in [0.5, 0.6) is 5.75 Å². The van der Waals surface area contributed by atoms with E-state index in [1.54, 1.807) is 19.2 Å². The van der Waals surface area contributed by atoms with Gasteiger partial charge in [-0.05, 0) is 33.7 Å². The van der Waals surface area contributed by atoms with Crippen LogP contribution in [0.3, 0.4) is 0 Å². The van der Waals surface area contributed by atoms with Gasteiger partial charge in [-0.1, -0.05) is 42.4 Å². The molecule has 0 heterocycles. The van der Waals surface area contributed by atoms with Gasteiger partial charge in [0.15, 0.2) is 0 Å². The zero-order chi connectivity index (χ0) is 14.4. The molecule has 0 spiro atoms. The minimum atomic E-state index is -0.210. The normalized spacial score (nSPS) is 14.3. The summed E-state index contributed by atoms with van der Waals surface area (Å²) in [5.74, 6) is 0.664. The van der Waals surface area contributed by atoms with Gasteiger partial charge in [0.25, 0.3) is 0 Å². The Morgan fingerprint density at radius 3 is 2.56 bits per heavy atom. The maximum Gasteiger partial charge on any atom is 0.119 e. The molecule has 0 unspecified atom stereocenters. The lowest BCUT2D eigenvalue weighted by Gasteiger charge is -2.05. The van der Waals surface area contributed by atoms with Gasteiger partial charge in [0.1, 0.15) is 5.75 Å². The summed E-state index contributed by atoms with van der Waals surface area (Å²) in [4.78, 5) is 0. The largest absolute Gasteiger partial charge is 0.497 e. The highest BCUT2D eigenvalue weighted by Gasteiger charge is 2.01. The zero-order valence-electron chi connectivity index (χ0n) is 12.8. The summed E-state index contributed by atoms with van der Waals surface area (Å²) in [7, 11) is 1.57. The van der Waals surface area contributed by atoms with E-state index in [1.165, 1.54) is 0 Å². The molecule has 3 aromatic rings. The van der Waals surface area contributed by atoms with Crippen molar-refractivity contribution in [3.63, 3.8) is 0 Å². The maximum absolute atomic E-state index is 8.10. The van der Waals surface area contributed by atoms with Crippen molar-refractivity contribution >= 4 is 21.5 Å². The second-order valence-electron chi connectivity index (χ2n) is 3.58. The Labute approximate surface area is 99.9 Å². The Balaban J connectivity index is 2.59. The van der Waals surface area contributed by atoms with Gasteiger partial charge in [-0.15, -0.1) is 0 Å². The maximum atomic E-state index is 8.10. The third kappa shape index (κ3) is 1.33. The van der Waals surface area contributed by atoms with Crippen molar-refractivity contribution in [3.05, 3.63) is 54.5 Å². The van der Waals surface area contributed by atoms with E-state index in [4.69, 9.17) is 10.2 Å². The van der Waals surface area contributed by atoms with Crippen molar-refractivity contribution < 1.29 is 10.2 Å². The molecule has 0 saturated heterocycles. The van der Waals surface area contributed by atoms with E-state index in [0.29, 0.717) is 16.5 Å². The molecular weight excluding hydrogens is 196 g/mol. The van der Waals surface area contributed by atoms with E-state index in [0.717, 1.165) is 10.8 Å². The van der Waals surface area contributed by atoms with Crippen LogP contribution in [0.1, 0.15) is 5.48 Å². The van der Waals surface area contributed by atoms with E-state index >= 15 is 0 Å². The van der Waals surface area contributed by atoms with E-state index in [1.807, 2.05) is 18.2 Å². The predicted octanol–water partition coefficient (Wildman–Crippen LogP) is 4.00. The lowest BCUT2D eigenvalue weighted by Crippen LogP contribution is -1.83. The molecule has 16 heavy (non-hydrogen) atoms. The molecule has 0 aliphatic carbocycles. The first-order valence-corrected chi connectivity index (χ1v) is 5.01. The third-order valence-corrected chi connectivity index (χ3v) is 2.68. The second kappa shape index (κ2) is 3.53. The molecule has 3 rings (SSSR count). The Morgan fingerprint density at radius 1 is 0.938 bits per heavy atom. The van der Waals surface area contributed by atoms with Crippen molar-refractivity contribution in [1.82, 2.24) is 0 Å². The number of ether oxygens (including phenoxy) is 1. The van der Waals surface area contributed by atoms with Crippen molar-refractivity contribution in [2.24, 2.45) is 0 Å². The van der Waals surface area contributed by atoms with Crippen LogP contribution in [0, 0.1) is 0 Å². The highest BCUT2D eigenvalue weighted by Crippen LogP contribution is 2.28. The monoisotopic (exact) mass is 212 g/mol. The average molecular weight is 212 g/mol. The van der Waals surface area contributed by atoms with Gasteiger partial charge in [0, 0.05) is 0 Å². The first-order valence-electron chi connectivity index (χ1n) is 7.01. The third-order valence-electron chi connectivity index (χ3n) is 2.68. The molecule has 1 heteroatoms. The van der Waals surface area contributed by atoms with Gasteiger partial charge in [-0.3, -0.25) is 0 Å². The first-order chi connectivity index (χ1) is 9.54. The number of fused-ring (bicyclic) bond motifs is 3. The highest BCUT2D eigenvalue weighted by atomic mass is 16.5. The minimum Gasteiger partial charge on any atom is -0.497 e. The Bertz CT molecular complexity index is 843. The zero-order valence-corrected chi connectivity index (χ0v) is 8.79. The Hall–Kier alpha value is -2.02. The van der Waals surface area contributed by atoms with Crippen LogP contribution in [0.15, 0.2) is 54.5 Å². The molecule has 0 saturated carbocycles. The molecule has 0 aliphatic heterocycles. The molecule has 0 aromatic heterocycles. The molecule has 3 aromatic carbocycles. The van der Waals surface area contributed by atoms with Crippen LogP contribution >= 0.6 is 0 Å². The van der Waals surface area contributed by atoms with Gasteiger partial charge < -0.3 is 4.74 Å². The van der Waals surface area contributed by atoms with Crippen molar-refractivity contribution in [3.8, 4) is 5.75 Å². The van der Waals surface area contributed by atoms with Crippen LogP contribution in [0.4, 0.5) is 0 Å².